The highest BCUT2D eigenvalue weighted by atomic mass is 16.5. The molecular formula is C22H33N3O2. The average Bonchev–Trinajstić information content (AvgIpc) is 3.42. The number of likely N-dealkylation sites (tertiary alicyclic amines) is 1. The van der Waals surface area contributed by atoms with Gasteiger partial charge in [-0.1, -0.05) is 18.9 Å². The Labute approximate surface area is 163 Å². The fourth-order valence-corrected chi connectivity index (χ4v) is 5.01. The second-order valence-electron chi connectivity index (χ2n) is 8.56. The zero-order valence-corrected chi connectivity index (χ0v) is 16.4. The van der Waals surface area contributed by atoms with E-state index >= 15 is 0 Å². The summed E-state index contributed by atoms with van der Waals surface area (Å²) in [4.78, 5) is 22.1. The van der Waals surface area contributed by atoms with Gasteiger partial charge in [0.15, 0.2) is 0 Å². The number of rotatable bonds is 6. The minimum Gasteiger partial charge on any atom is -0.381 e. The van der Waals surface area contributed by atoms with Crippen LogP contribution in [0.5, 0.6) is 0 Å². The van der Waals surface area contributed by atoms with E-state index in [0.29, 0.717) is 19.1 Å². The fourth-order valence-electron chi connectivity index (χ4n) is 5.01. The second-order valence-corrected chi connectivity index (χ2v) is 8.56. The first-order valence-electron chi connectivity index (χ1n) is 10.8. The number of hydrogen-bond acceptors (Lipinski definition) is 4. The van der Waals surface area contributed by atoms with E-state index in [-0.39, 0.29) is 11.8 Å². The maximum atomic E-state index is 13.1. The Balaban J connectivity index is 1.36. The molecule has 4 rings (SSSR count). The van der Waals surface area contributed by atoms with Crippen molar-refractivity contribution in [3.8, 4) is 0 Å². The van der Waals surface area contributed by atoms with Crippen LogP contribution >= 0.6 is 0 Å². The van der Waals surface area contributed by atoms with Gasteiger partial charge in [-0.15, -0.1) is 0 Å². The monoisotopic (exact) mass is 371 g/mol. The van der Waals surface area contributed by atoms with Gasteiger partial charge in [-0.25, -0.2) is 0 Å². The van der Waals surface area contributed by atoms with Crippen molar-refractivity contribution in [2.24, 2.45) is 11.8 Å². The third-order valence-electron chi connectivity index (χ3n) is 6.66. The number of hydrogen-bond donors (Lipinski definition) is 0. The van der Waals surface area contributed by atoms with E-state index in [9.17, 15) is 4.79 Å². The molecule has 3 heterocycles. The number of nitrogens with zero attached hydrogens (tertiary/aromatic N) is 3. The lowest BCUT2D eigenvalue weighted by Gasteiger charge is -2.38. The maximum absolute atomic E-state index is 13.1. The van der Waals surface area contributed by atoms with E-state index < -0.39 is 0 Å². The second kappa shape index (κ2) is 9.16. The van der Waals surface area contributed by atoms with E-state index in [0.717, 1.165) is 31.2 Å². The minimum atomic E-state index is 0.0419. The van der Waals surface area contributed by atoms with Crippen molar-refractivity contribution in [3.63, 3.8) is 0 Å². The first-order chi connectivity index (χ1) is 13.3. The summed E-state index contributed by atoms with van der Waals surface area (Å²) in [5, 5.41) is 0. The van der Waals surface area contributed by atoms with Crippen molar-refractivity contribution in [2.75, 3.05) is 32.8 Å². The van der Waals surface area contributed by atoms with Crippen LogP contribution in [0.15, 0.2) is 24.5 Å². The van der Waals surface area contributed by atoms with Crippen LogP contribution in [0.25, 0.3) is 0 Å². The molecule has 1 saturated carbocycles. The molecular weight excluding hydrogens is 338 g/mol. The fraction of sp³-hybridized carbons (Fsp3) is 0.727. The molecule has 2 saturated heterocycles. The predicted molar refractivity (Wildman–Crippen MR) is 105 cm³/mol. The number of pyridine rings is 1. The Morgan fingerprint density at radius 2 is 2.00 bits per heavy atom. The van der Waals surface area contributed by atoms with Crippen LogP contribution in [0.3, 0.4) is 0 Å². The zero-order chi connectivity index (χ0) is 18.5. The molecule has 2 aliphatic heterocycles. The molecule has 3 aliphatic rings. The van der Waals surface area contributed by atoms with Gasteiger partial charge < -0.3 is 14.5 Å². The molecule has 0 aromatic carbocycles. The van der Waals surface area contributed by atoms with Crippen LogP contribution < -0.4 is 0 Å². The van der Waals surface area contributed by atoms with Gasteiger partial charge in [0, 0.05) is 38.1 Å². The molecule has 5 heteroatoms. The summed E-state index contributed by atoms with van der Waals surface area (Å²) >= 11 is 0. The summed E-state index contributed by atoms with van der Waals surface area (Å²) in [6.45, 7) is 5.27. The van der Waals surface area contributed by atoms with Gasteiger partial charge in [-0.3, -0.25) is 9.78 Å². The lowest BCUT2D eigenvalue weighted by atomic mass is 9.94. The predicted octanol–water partition coefficient (Wildman–Crippen LogP) is 3.10. The highest BCUT2D eigenvalue weighted by molar-refractivity contribution is 5.79. The largest absolute Gasteiger partial charge is 0.381 e. The van der Waals surface area contributed by atoms with E-state index in [2.05, 4.69) is 20.9 Å². The smallest absolute Gasteiger partial charge is 0.228 e. The number of piperidine rings is 1. The van der Waals surface area contributed by atoms with Gasteiger partial charge in [0.2, 0.25) is 5.91 Å². The summed E-state index contributed by atoms with van der Waals surface area (Å²) in [6.07, 6.45) is 12.6. The normalized spacial score (nSPS) is 25.1. The molecule has 1 aliphatic carbocycles. The Morgan fingerprint density at radius 3 is 2.67 bits per heavy atom. The molecule has 1 aromatic heterocycles. The first kappa shape index (κ1) is 18.9. The summed E-state index contributed by atoms with van der Waals surface area (Å²) in [5.74, 6) is 0.931. The molecule has 5 nitrogen and oxygen atoms in total. The third-order valence-corrected chi connectivity index (χ3v) is 6.66. The molecule has 1 aromatic rings. The Morgan fingerprint density at radius 1 is 1.19 bits per heavy atom. The van der Waals surface area contributed by atoms with Crippen LogP contribution in [-0.4, -0.2) is 59.6 Å². The number of carbonyl (C=O) groups excluding carboxylic acids is 1. The minimum absolute atomic E-state index is 0.0419. The highest BCUT2D eigenvalue weighted by Gasteiger charge is 2.32. The highest BCUT2D eigenvalue weighted by Crippen LogP contribution is 2.29. The topological polar surface area (TPSA) is 45.7 Å². The maximum Gasteiger partial charge on any atom is 0.228 e. The van der Waals surface area contributed by atoms with Gasteiger partial charge in [-0.2, -0.15) is 0 Å². The summed E-state index contributed by atoms with van der Waals surface area (Å²) in [7, 11) is 0. The van der Waals surface area contributed by atoms with Crippen molar-refractivity contribution in [1.29, 1.82) is 0 Å². The molecule has 1 atom stereocenters. The summed E-state index contributed by atoms with van der Waals surface area (Å²) in [5.41, 5.74) is 1.12. The van der Waals surface area contributed by atoms with E-state index in [4.69, 9.17) is 4.74 Å². The van der Waals surface area contributed by atoms with Gasteiger partial charge in [0.1, 0.15) is 0 Å². The number of aromatic nitrogens is 1. The lowest BCUT2D eigenvalue weighted by Crippen LogP contribution is -2.45. The lowest BCUT2D eigenvalue weighted by molar-refractivity contribution is -0.137. The van der Waals surface area contributed by atoms with E-state index in [1.165, 1.54) is 51.6 Å². The van der Waals surface area contributed by atoms with E-state index in [1.54, 1.807) is 6.20 Å². The van der Waals surface area contributed by atoms with Crippen LogP contribution in [0.4, 0.5) is 0 Å². The molecule has 0 radical (unpaired) electrons. The molecule has 0 N–H and O–H groups in total. The van der Waals surface area contributed by atoms with Gasteiger partial charge in [0.05, 0.1) is 12.5 Å². The van der Waals surface area contributed by atoms with Crippen molar-refractivity contribution >= 4 is 5.91 Å². The van der Waals surface area contributed by atoms with Crippen LogP contribution in [0.1, 0.15) is 50.5 Å². The van der Waals surface area contributed by atoms with Crippen LogP contribution in [-0.2, 0) is 16.1 Å². The zero-order valence-electron chi connectivity index (χ0n) is 16.4. The summed E-state index contributed by atoms with van der Waals surface area (Å²) in [6, 6.07) is 4.85. The van der Waals surface area contributed by atoms with Gasteiger partial charge in [0.25, 0.3) is 0 Å². The quantitative estimate of drug-likeness (QED) is 0.771. The van der Waals surface area contributed by atoms with E-state index in [1.807, 2.05) is 12.3 Å². The standard InChI is InChI=1S/C22H33N3O2/c26-22(20-9-13-27-17-20)25(16-19-4-3-10-23-14-19)15-18-7-11-24(12-8-18)21-5-1-2-6-21/h3-4,10,14,18,20-21H,1-2,5-9,11-13,15-17H2. The number of ether oxygens (including phenoxy) is 1. The van der Waals surface area contributed by atoms with Gasteiger partial charge in [-0.05, 0) is 62.7 Å². The third kappa shape index (κ3) is 4.88. The first-order valence-corrected chi connectivity index (χ1v) is 10.8. The SMILES string of the molecule is O=C(C1CCOC1)N(Cc1cccnc1)CC1CCN(C2CCCC2)CC1. The van der Waals surface area contributed by atoms with Crippen molar-refractivity contribution < 1.29 is 9.53 Å². The van der Waals surface area contributed by atoms with Crippen molar-refractivity contribution in [1.82, 2.24) is 14.8 Å². The molecule has 1 unspecified atom stereocenters. The molecule has 27 heavy (non-hydrogen) atoms. The number of carbonyl (C=O) groups is 1. The molecule has 0 bridgehead atoms. The molecule has 148 valence electrons. The van der Waals surface area contributed by atoms with Crippen LogP contribution in [0, 0.1) is 11.8 Å². The molecule has 3 fully saturated rings. The van der Waals surface area contributed by atoms with Crippen molar-refractivity contribution in [2.45, 2.75) is 57.5 Å². The average molecular weight is 372 g/mol. The molecule has 1 amide bonds. The number of amides is 1. The molecule has 0 spiro atoms. The van der Waals surface area contributed by atoms with Crippen molar-refractivity contribution in [3.05, 3.63) is 30.1 Å². The summed E-state index contributed by atoms with van der Waals surface area (Å²) < 4.78 is 5.47. The Bertz CT molecular complexity index is 589. The van der Waals surface area contributed by atoms with Gasteiger partial charge >= 0.3 is 0 Å². The Hall–Kier alpha value is -1.46. The Kier molecular flexibility index (Phi) is 6.40. The van der Waals surface area contributed by atoms with Crippen LogP contribution in [0.2, 0.25) is 0 Å².